The third kappa shape index (κ3) is 9.39. The predicted molar refractivity (Wildman–Crippen MR) is 105 cm³/mol. The Kier molecular flexibility index (Phi) is 12.9. The number of hydrogen-bond donors (Lipinski definition) is 2. The molecule has 0 aromatic carbocycles. The van der Waals surface area contributed by atoms with E-state index >= 15 is 0 Å². The Balaban J connectivity index is 1.88. The molecule has 1 fully saturated rings. The molecule has 0 radical (unpaired) electrons. The third-order valence-corrected chi connectivity index (χ3v) is 5.55. The van der Waals surface area contributed by atoms with Crippen LogP contribution in [0.25, 0.3) is 0 Å². The molecule has 3 heteroatoms. The molecule has 0 saturated carbocycles. The van der Waals surface area contributed by atoms with Crippen molar-refractivity contribution in [1.82, 2.24) is 10.2 Å². The molecular weight excluding hydrogens is 296 g/mol. The lowest BCUT2D eigenvalue weighted by Gasteiger charge is -2.43. The van der Waals surface area contributed by atoms with Gasteiger partial charge in [-0.15, -0.1) is 0 Å². The average Bonchev–Trinajstić information content (AvgIpc) is 2.59. The van der Waals surface area contributed by atoms with Gasteiger partial charge in [0, 0.05) is 19.5 Å². The van der Waals surface area contributed by atoms with Crippen LogP contribution in [0.5, 0.6) is 0 Å². The minimum atomic E-state index is -0.731. The Morgan fingerprint density at radius 1 is 0.792 bits per heavy atom. The Hall–Kier alpha value is -0.120. The van der Waals surface area contributed by atoms with Crippen molar-refractivity contribution in [1.29, 1.82) is 0 Å². The molecule has 0 aromatic heterocycles. The maximum Gasteiger partial charge on any atom is 0.174 e. The summed E-state index contributed by atoms with van der Waals surface area (Å²) in [6.45, 7) is 7.33. The van der Waals surface area contributed by atoms with Crippen molar-refractivity contribution in [2.24, 2.45) is 0 Å². The summed E-state index contributed by atoms with van der Waals surface area (Å²) in [7, 11) is 0. The number of unbranched alkanes of at least 4 members (excludes halogenated alkanes) is 12. The van der Waals surface area contributed by atoms with Crippen molar-refractivity contribution in [3.63, 3.8) is 0 Å². The molecule has 0 aromatic rings. The molecule has 1 saturated heterocycles. The summed E-state index contributed by atoms with van der Waals surface area (Å²) in [6, 6.07) is 0. The van der Waals surface area contributed by atoms with Gasteiger partial charge >= 0.3 is 0 Å². The minimum Gasteiger partial charge on any atom is -0.363 e. The zero-order valence-corrected chi connectivity index (χ0v) is 16.6. The summed E-state index contributed by atoms with van der Waals surface area (Å²) in [5.41, 5.74) is 0. The monoisotopic (exact) mass is 340 g/mol. The maximum absolute atomic E-state index is 10.7. The van der Waals surface area contributed by atoms with Gasteiger partial charge in [0.15, 0.2) is 5.85 Å². The molecule has 1 unspecified atom stereocenters. The van der Waals surface area contributed by atoms with E-state index in [-0.39, 0.29) is 0 Å². The molecule has 1 atom stereocenters. The fourth-order valence-electron chi connectivity index (χ4n) is 3.91. The third-order valence-electron chi connectivity index (χ3n) is 5.55. The van der Waals surface area contributed by atoms with Crippen molar-refractivity contribution in [2.75, 3.05) is 19.6 Å². The molecule has 0 aliphatic carbocycles. The molecule has 0 bridgehead atoms. The van der Waals surface area contributed by atoms with Gasteiger partial charge in [-0.3, -0.25) is 10.2 Å². The van der Waals surface area contributed by atoms with Crippen molar-refractivity contribution in [3.8, 4) is 0 Å². The lowest BCUT2D eigenvalue weighted by atomic mass is 10.0. The second kappa shape index (κ2) is 14.1. The van der Waals surface area contributed by atoms with E-state index in [0.717, 1.165) is 38.9 Å². The first-order valence-electron chi connectivity index (χ1n) is 11.0. The topological polar surface area (TPSA) is 35.5 Å². The van der Waals surface area contributed by atoms with Crippen LogP contribution in [0.2, 0.25) is 0 Å². The number of aliphatic hydroxyl groups is 1. The van der Waals surface area contributed by atoms with Gasteiger partial charge in [0.1, 0.15) is 0 Å². The van der Waals surface area contributed by atoms with E-state index in [0.29, 0.717) is 0 Å². The van der Waals surface area contributed by atoms with Crippen LogP contribution < -0.4 is 5.32 Å². The molecule has 0 amide bonds. The van der Waals surface area contributed by atoms with Crippen LogP contribution >= 0.6 is 0 Å². The van der Waals surface area contributed by atoms with Crippen LogP contribution in [-0.4, -0.2) is 35.5 Å². The molecule has 1 heterocycles. The van der Waals surface area contributed by atoms with Crippen molar-refractivity contribution in [2.45, 2.75) is 116 Å². The fourth-order valence-corrected chi connectivity index (χ4v) is 3.91. The predicted octanol–water partition coefficient (Wildman–Crippen LogP) is 5.43. The largest absolute Gasteiger partial charge is 0.363 e. The van der Waals surface area contributed by atoms with Crippen LogP contribution in [0.3, 0.4) is 0 Å². The van der Waals surface area contributed by atoms with Gasteiger partial charge in [0.25, 0.3) is 0 Å². The van der Waals surface area contributed by atoms with Crippen LogP contribution in [0.1, 0.15) is 110 Å². The van der Waals surface area contributed by atoms with Gasteiger partial charge in [-0.05, 0) is 19.4 Å². The minimum absolute atomic E-state index is 0.731. The highest BCUT2D eigenvalue weighted by Crippen LogP contribution is 2.21. The maximum atomic E-state index is 10.7. The number of nitrogens with one attached hydrogen (secondary N) is 1. The molecule has 144 valence electrons. The van der Waals surface area contributed by atoms with Crippen molar-refractivity contribution < 1.29 is 5.11 Å². The highest BCUT2D eigenvalue weighted by Gasteiger charge is 2.34. The summed E-state index contributed by atoms with van der Waals surface area (Å²) < 4.78 is 0. The number of hydrogen-bond acceptors (Lipinski definition) is 3. The number of nitrogens with zero attached hydrogens (tertiary/aromatic N) is 1. The smallest absolute Gasteiger partial charge is 0.174 e. The van der Waals surface area contributed by atoms with E-state index in [1.807, 2.05) is 0 Å². The Morgan fingerprint density at radius 3 is 1.79 bits per heavy atom. The zero-order valence-electron chi connectivity index (χ0n) is 16.6. The van der Waals surface area contributed by atoms with Crippen LogP contribution in [0, 0.1) is 0 Å². The second-order valence-corrected chi connectivity index (χ2v) is 7.67. The molecule has 1 rings (SSSR count). The van der Waals surface area contributed by atoms with Crippen molar-refractivity contribution in [3.05, 3.63) is 0 Å². The summed E-state index contributed by atoms with van der Waals surface area (Å²) in [5, 5.41) is 14.0. The van der Waals surface area contributed by atoms with E-state index in [9.17, 15) is 5.11 Å². The van der Waals surface area contributed by atoms with Gasteiger partial charge < -0.3 is 5.11 Å². The molecule has 1 aliphatic rings. The first-order valence-corrected chi connectivity index (χ1v) is 11.0. The summed E-state index contributed by atoms with van der Waals surface area (Å²) in [5.74, 6) is -0.731. The van der Waals surface area contributed by atoms with Gasteiger partial charge in [0.05, 0.1) is 0 Å². The quantitative estimate of drug-likeness (QED) is 0.390. The second-order valence-electron chi connectivity index (χ2n) is 7.67. The molecule has 2 N–H and O–H groups in total. The molecule has 24 heavy (non-hydrogen) atoms. The zero-order chi connectivity index (χ0) is 17.5. The van der Waals surface area contributed by atoms with Crippen LogP contribution in [0.15, 0.2) is 0 Å². The molecule has 3 nitrogen and oxygen atoms in total. The fraction of sp³-hybridized carbons (Fsp3) is 1.00. The van der Waals surface area contributed by atoms with E-state index in [1.165, 1.54) is 77.0 Å². The lowest BCUT2D eigenvalue weighted by Crippen LogP contribution is -2.62. The summed E-state index contributed by atoms with van der Waals surface area (Å²) in [4.78, 5) is 2.19. The Labute approximate surface area is 151 Å². The first-order chi connectivity index (χ1) is 11.7. The van der Waals surface area contributed by atoms with Crippen LogP contribution in [0.4, 0.5) is 0 Å². The average molecular weight is 341 g/mol. The Morgan fingerprint density at radius 2 is 1.29 bits per heavy atom. The SMILES string of the molecule is CCCCCCCCCCCCCCCC1(O)NCCCN1CC. The van der Waals surface area contributed by atoms with Gasteiger partial charge in [-0.25, -0.2) is 0 Å². The van der Waals surface area contributed by atoms with Gasteiger partial charge in [0.2, 0.25) is 0 Å². The lowest BCUT2D eigenvalue weighted by molar-refractivity contribution is -0.154. The van der Waals surface area contributed by atoms with Crippen LogP contribution in [-0.2, 0) is 0 Å². The highest BCUT2D eigenvalue weighted by atomic mass is 16.3. The first kappa shape index (κ1) is 21.9. The summed E-state index contributed by atoms with van der Waals surface area (Å²) in [6.07, 6.45) is 19.9. The van der Waals surface area contributed by atoms with E-state index < -0.39 is 5.85 Å². The normalized spacial score (nSPS) is 22.1. The van der Waals surface area contributed by atoms with Gasteiger partial charge in [-0.2, -0.15) is 0 Å². The van der Waals surface area contributed by atoms with E-state index in [4.69, 9.17) is 0 Å². The standard InChI is InChI=1S/C21H44N2O/c1-3-5-6-7-8-9-10-11-12-13-14-15-16-18-21(24)22-19-17-20-23(21)4-2/h22,24H,3-20H2,1-2H3. The molecular formula is C21H44N2O. The van der Waals surface area contributed by atoms with Gasteiger partial charge in [-0.1, -0.05) is 90.9 Å². The summed E-state index contributed by atoms with van der Waals surface area (Å²) >= 11 is 0. The molecule has 1 aliphatic heterocycles. The number of rotatable bonds is 15. The molecule has 0 spiro atoms. The Bertz CT molecular complexity index is 285. The van der Waals surface area contributed by atoms with E-state index in [2.05, 4.69) is 24.1 Å². The highest BCUT2D eigenvalue weighted by molar-refractivity contribution is 4.81. The van der Waals surface area contributed by atoms with Crippen molar-refractivity contribution >= 4 is 0 Å². The van der Waals surface area contributed by atoms with E-state index in [1.54, 1.807) is 0 Å².